The van der Waals surface area contributed by atoms with Crippen LogP contribution in [0.2, 0.25) is 0 Å². The number of nitrogens with two attached hydrogens (primary N) is 1. The summed E-state index contributed by atoms with van der Waals surface area (Å²) in [5.41, 5.74) is 6.54. The molecule has 0 radical (unpaired) electrons. The fraction of sp³-hybridized carbons (Fsp3) is 0.133. The molecule has 0 heterocycles. The molecule has 2 aromatic rings. The van der Waals surface area contributed by atoms with Crippen LogP contribution >= 0.6 is 0 Å². The first-order valence-electron chi connectivity index (χ1n) is 6.16. The Hall–Kier alpha value is -2.40. The van der Waals surface area contributed by atoms with Gasteiger partial charge in [0.1, 0.15) is 11.6 Å². The summed E-state index contributed by atoms with van der Waals surface area (Å²) in [5, 5.41) is 12.3. The summed E-state index contributed by atoms with van der Waals surface area (Å²) in [6.07, 6.45) is 0. The Morgan fingerprint density at radius 2 is 1.95 bits per heavy atom. The molecule has 0 bridgehead atoms. The van der Waals surface area contributed by atoms with Crippen molar-refractivity contribution in [2.45, 2.75) is 6.04 Å². The number of nitrogens with one attached hydrogen (secondary N) is 1. The molecule has 20 heavy (non-hydrogen) atoms. The summed E-state index contributed by atoms with van der Waals surface area (Å²) in [7, 11) is 0. The normalized spacial score (nSPS) is 11.9. The lowest BCUT2D eigenvalue weighted by Gasteiger charge is -2.17. The smallest absolute Gasteiger partial charge is 0.255 e. The van der Waals surface area contributed by atoms with Gasteiger partial charge in [-0.25, -0.2) is 4.39 Å². The van der Waals surface area contributed by atoms with Crippen molar-refractivity contribution in [3.63, 3.8) is 0 Å². The van der Waals surface area contributed by atoms with E-state index in [4.69, 9.17) is 5.73 Å². The highest BCUT2D eigenvalue weighted by Gasteiger charge is 2.17. The lowest BCUT2D eigenvalue weighted by molar-refractivity contribution is 0.0935. The first kappa shape index (κ1) is 14.0. The van der Waals surface area contributed by atoms with Gasteiger partial charge in [0.15, 0.2) is 0 Å². The Kier molecular flexibility index (Phi) is 4.32. The van der Waals surface area contributed by atoms with Crippen LogP contribution in [0.3, 0.4) is 0 Å². The Morgan fingerprint density at radius 1 is 1.25 bits per heavy atom. The van der Waals surface area contributed by atoms with Gasteiger partial charge in [0.25, 0.3) is 5.91 Å². The zero-order valence-corrected chi connectivity index (χ0v) is 10.7. The highest BCUT2D eigenvalue weighted by molar-refractivity contribution is 5.97. The van der Waals surface area contributed by atoms with Crippen LogP contribution in [0.25, 0.3) is 0 Å². The van der Waals surface area contributed by atoms with Crippen LogP contribution in [0.5, 0.6) is 5.75 Å². The molecule has 0 aliphatic heterocycles. The average molecular weight is 274 g/mol. The van der Waals surface area contributed by atoms with Crippen molar-refractivity contribution in [3.8, 4) is 5.75 Å². The predicted octanol–water partition coefficient (Wildman–Crippen LogP) is 1.96. The van der Waals surface area contributed by atoms with Crippen molar-refractivity contribution in [1.82, 2.24) is 5.32 Å². The van der Waals surface area contributed by atoms with Crippen molar-refractivity contribution in [2.24, 2.45) is 5.73 Å². The number of phenolic OH excluding ortho intramolecular Hbond substituents is 1. The van der Waals surface area contributed by atoms with Gasteiger partial charge in [-0.3, -0.25) is 4.79 Å². The number of halogens is 1. The van der Waals surface area contributed by atoms with Crippen LogP contribution in [0.4, 0.5) is 4.39 Å². The van der Waals surface area contributed by atoms with Crippen molar-refractivity contribution in [3.05, 3.63) is 65.5 Å². The minimum atomic E-state index is -0.600. The minimum absolute atomic E-state index is 0.0146. The van der Waals surface area contributed by atoms with Gasteiger partial charge in [-0.05, 0) is 17.7 Å². The summed E-state index contributed by atoms with van der Waals surface area (Å²) in [4.78, 5) is 12.1. The molecule has 0 saturated carbocycles. The maximum atomic E-state index is 12.9. The summed E-state index contributed by atoms with van der Waals surface area (Å²) < 4.78 is 12.9. The Bertz CT molecular complexity index is 602. The molecular formula is C15H15FN2O2. The maximum Gasteiger partial charge on any atom is 0.255 e. The van der Waals surface area contributed by atoms with Gasteiger partial charge in [0.05, 0.1) is 11.6 Å². The topological polar surface area (TPSA) is 75.3 Å². The average Bonchev–Trinajstić information content (AvgIpc) is 2.45. The van der Waals surface area contributed by atoms with E-state index < -0.39 is 17.5 Å². The summed E-state index contributed by atoms with van der Waals surface area (Å²) in [5.74, 6) is -1.49. The van der Waals surface area contributed by atoms with Crippen molar-refractivity contribution >= 4 is 5.91 Å². The van der Waals surface area contributed by atoms with Crippen LogP contribution in [-0.4, -0.2) is 17.6 Å². The molecule has 0 saturated heterocycles. The predicted molar refractivity (Wildman–Crippen MR) is 73.8 cm³/mol. The van der Waals surface area contributed by atoms with E-state index in [2.05, 4.69) is 5.32 Å². The van der Waals surface area contributed by atoms with Crippen LogP contribution in [0.1, 0.15) is 22.0 Å². The van der Waals surface area contributed by atoms with E-state index in [9.17, 15) is 14.3 Å². The number of benzene rings is 2. The quantitative estimate of drug-likeness (QED) is 0.797. The van der Waals surface area contributed by atoms with E-state index in [1.54, 1.807) is 0 Å². The fourth-order valence-corrected chi connectivity index (χ4v) is 1.90. The van der Waals surface area contributed by atoms with Gasteiger partial charge in [-0.15, -0.1) is 0 Å². The molecule has 0 aliphatic rings. The van der Waals surface area contributed by atoms with Crippen LogP contribution in [0.15, 0.2) is 48.5 Å². The molecule has 2 rings (SSSR count). The lowest BCUT2D eigenvalue weighted by atomic mass is 10.1. The standard InChI is InChI=1S/C15H15FN2O2/c16-11-6-7-12(14(19)8-11)15(20)18-13(9-17)10-4-2-1-3-5-10/h1-8,13,19H,9,17H2,(H,18,20). The molecule has 0 aliphatic carbocycles. The molecule has 4 N–H and O–H groups in total. The first-order chi connectivity index (χ1) is 9.61. The SMILES string of the molecule is NCC(NC(=O)c1ccc(F)cc1O)c1ccccc1. The summed E-state index contributed by atoms with van der Waals surface area (Å²) >= 11 is 0. The van der Waals surface area contributed by atoms with E-state index in [1.165, 1.54) is 6.07 Å². The first-order valence-corrected chi connectivity index (χ1v) is 6.16. The van der Waals surface area contributed by atoms with Crippen molar-refractivity contribution < 1.29 is 14.3 Å². The number of aromatic hydroxyl groups is 1. The van der Waals surface area contributed by atoms with Crippen LogP contribution < -0.4 is 11.1 Å². The molecule has 1 amide bonds. The second-order valence-corrected chi connectivity index (χ2v) is 4.33. The molecular weight excluding hydrogens is 259 g/mol. The van der Waals surface area contributed by atoms with Gasteiger partial charge in [-0.1, -0.05) is 30.3 Å². The van der Waals surface area contributed by atoms with E-state index in [-0.39, 0.29) is 18.2 Å². The molecule has 1 unspecified atom stereocenters. The number of hydrogen-bond donors (Lipinski definition) is 3. The van der Waals surface area contributed by atoms with E-state index in [1.807, 2.05) is 30.3 Å². The van der Waals surface area contributed by atoms with Gasteiger partial charge in [0.2, 0.25) is 0 Å². The monoisotopic (exact) mass is 274 g/mol. The second kappa shape index (κ2) is 6.16. The van der Waals surface area contributed by atoms with Gasteiger partial charge in [0, 0.05) is 12.6 Å². The summed E-state index contributed by atoms with van der Waals surface area (Å²) in [6.45, 7) is 0.220. The molecule has 4 nitrogen and oxygen atoms in total. The number of hydrogen-bond acceptors (Lipinski definition) is 3. The largest absolute Gasteiger partial charge is 0.507 e. The highest BCUT2D eigenvalue weighted by atomic mass is 19.1. The number of amides is 1. The highest BCUT2D eigenvalue weighted by Crippen LogP contribution is 2.19. The number of carbonyl (C=O) groups is 1. The lowest BCUT2D eigenvalue weighted by Crippen LogP contribution is -2.33. The van der Waals surface area contributed by atoms with Crippen LogP contribution in [0, 0.1) is 5.82 Å². The third-order valence-electron chi connectivity index (χ3n) is 2.95. The number of rotatable bonds is 4. The third-order valence-corrected chi connectivity index (χ3v) is 2.95. The molecule has 0 fully saturated rings. The molecule has 0 spiro atoms. The Morgan fingerprint density at radius 3 is 2.55 bits per heavy atom. The molecule has 2 aromatic carbocycles. The van der Waals surface area contributed by atoms with Gasteiger partial charge < -0.3 is 16.2 Å². The van der Waals surface area contributed by atoms with Gasteiger partial charge in [-0.2, -0.15) is 0 Å². The Balaban J connectivity index is 2.17. The van der Waals surface area contributed by atoms with Crippen molar-refractivity contribution in [1.29, 1.82) is 0 Å². The van der Waals surface area contributed by atoms with Gasteiger partial charge >= 0.3 is 0 Å². The fourth-order valence-electron chi connectivity index (χ4n) is 1.90. The minimum Gasteiger partial charge on any atom is -0.507 e. The summed E-state index contributed by atoms with van der Waals surface area (Å²) in [6, 6.07) is 12.1. The van der Waals surface area contributed by atoms with Crippen LogP contribution in [-0.2, 0) is 0 Å². The second-order valence-electron chi connectivity index (χ2n) is 4.33. The van der Waals surface area contributed by atoms with Crippen molar-refractivity contribution in [2.75, 3.05) is 6.54 Å². The molecule has 5 heteroatoms. The molecule has 0 aromatic heterocycles. The number of phenols is 1. The molecule has 104 valence electrons. The van der Waals surface area contributed by atoms with E-state index in [0.29, 0.717) is 0 Å². The van der Waals surface area contributed by atoms with E-state index in [0.717, 1.165) is 17.7 Å². The zero-order chi connectivity index (χ0) is 14.5. The zero-order valence-electron chi connectivity index (χ0n) is 10.7. The maximum absolute atomic E-state index is 12.9. The third kappa shape index (κ3) is 3.13. The van der Waals surface area contributed by atoms with E-state index >= 15 is 0 Å². The Labute approximate surface area is 116 Å². The molecule has 1 atom stereocenters. The number of carbonyl (C=O) groups excluding carboxylic acids is 1.